The maximum absolute atomic E-state index is 14.0. The van der Waals surface area contributed by atoms with Crippen LogP contribution >= 0.6 is 34.8 Å². The van der Waals surface area contributed by atoms with Crippen molar-refractivity contribution in [3.05, 3.63) is 87.4 Å². The fourth-order valence-electron chi connectivity index (χ4n) is 3.95. The van der Waals surface area contributed by atoms with Gasteiger partial charge in [-0.2, -0.15) is 0 Å². The van der Waals surface area contributed by atoms with Crippen LogP contribution in [-0.4, -0.2) is 50.9 Å². The van der Waals surface area contributed by atoms with E-state index in [1.54, 1.807) is 49.4 Å². The fourth-order valence-corrected chi connectivity index (χ4v) is 5.96. The van der Waals surface area contributed by atoms with Gasteiger partial charge >= 0.3 is 0 Å². The molecule has 12 heteroatoms. The molecule has 1 atom stereocenters. The van der Waals surface area contributed by atoms with Crippen LogP contribution < -0.4 is 14.4 Å². The summed E-state index contributed by atoms with van der Waals surface area (Å²) >= 11 is 18.4. The normalized spacial score (nSPS) is 12.0. The van der Waals surface area contributed by atoms with Crippen LogP contribution in [0.25, 0.3) is 0 Å². The van der Waals surface area contributed by atoms with Crippen LogP contribution in [0.4, 0.5) is 5.69 Å². The monoisotopic (exact) mass is 639 g/mol. The van der Waals surface area contributed by atoms with Gasteiger partial charge in [0, 0.05) is 28.2 Å². The number of benzene rings is 3. The largest absolute Gasteiger partial charge is 0.494 e. The van der Waals surface area contributed by atoms with E-state index in [2.05, 4.69) is 5.32 Å². The maximum atomic E-state index is 14.0. The van der Waals surface area contributed by atoms with E-state index in [1.165, 1.54) is 29.2 Å². The first-order valence-corrected chi connectivity index (χ1v) is 15.6. The molecule has 0 spiro atoms. The number of carbonyl (C=O) groups is 2. The molecule has 41 heavy (non-hydrogen) atoms. The number of anilines is 1. The molecule has 0 aliphatic carbocycles. The van der Waals surface area contributed by atoms with Crippen molar-refractivity contribution in [2.75, 3.05) is 24.0 Å². The Morgan fingerprint density at radius 2 is 1.56 bits per heavy atom. The number of hydrogen-bond acceptors (Lipinski definition) is 5. The van der Waals surface area contributed by atoms with Crippen LogP contribution in [0.5, 0.6) is 5.75 Å². The van der Waals surface area contributed by atoms with Crippen LogP contribution in [-0.2, 0) is 26.2 Å². The molecule has 0 aliphatic heterocycles. The zero-order valence-corrected chi connectivity index (χ0v) is 26.0. The van der Waals surface area contributed by atoms with E-state index in [-0.39, 0.29) is 23.0 Å². The molecule has 8 nitrogen and oxygen atoms in total. The summed E-state index contributed by atoms with van der Waals surface area (Å²) in [6, 6.07) is 15.9. The van der Waals surface area contributed by atoms with Crippen molar-refractivity contribution < 1.29 is 22.7 Å². The first-order valence-electron chi connectivity index (χ1n) is 13.0. The SMILES string of the molecule is CCCNC(=O)C(C)N(Cc1ccc(Cl)cc1Cl)C(=O)CN(c1ccc(OCC)cc1)S(=O)(=O)c1ccc(Cl)cc1. The fraction of sp³-hybridized carbons (Fsp3) is 0.310. The van der Waals surface area contributed by atoms with Gasteiger partial charge in [0.2, 0.25) is 11.8 Å². The van der Waals surface area contributed by atoms with Gasteiger partial charge in [-0.15, -0.1) is 0 Å². The molecule has 0 saturated heterocycles. The zero-order valence-electron chi connectivity index (χ0n) is 22.9. The van der Waals surface area contributed by atoms with Crippen molar-refractivity contribution in [3.8, 4) is 5.75 Å². The molecule has 0 bridgehead atoms. The van der Waals surface area contributed by atoms with Gasteiger partial charge in [0.25, 0.3) is 10.0 Å². The van der Waals surface area contributed by atoms with Crippen LogP contribution in [0, 0.1) is 0 Å². The smallest absolute Gasteiger partial charge is 0.264 e. The lowest BCUT2D eigenvalue weighted by Crippen LogP contribution is -2.51. The second kappa shape index (κ2) is 14.8. The lowest BCUT2D eigenvalue weighted by Gasteiger charge is -2.32. The van der Waals surface area contributed by atoms with E-state index in [1.807, 2.05) is 13.8 Å². The summed E-state index contributed by atoms with van der Waals surface area (Å²) in [5.41, 5.74) is 0.789. The molecule has 0 aliphatic rings. The Bertz CT molecular complexity index is 1450. The number of rotatable bonds is 13. The minimum atomic E-state index is -4.23. The highest BCUT2D eigenvalue weighted by atomic mass is 35.5. The van der Waals surface area contributed by atoms with Crippen LogP contribution in [0.1, 0.15) is 32.8 Å². The molecule has 0 saturated carbocycles. The maximum Gasteiger partial charge on any atom is 0.264 e. The summed E-state index contributed by atoms with van der Waals surface area (Å²) < 4.78 is 34.2. The van der Waals surface area contributed by atoms with E-state index in [9.17, 15) is 18.0 Å². The van der Waals surface area contributed by atoms with Crippen molar-refractivity contribution in [3.63, 3.8) is 0 Å². The van der Waals surface area contributed by atoms with Crippen molar-refractivity contribution in [2.24, 2.45) is 0 Å². The highest BCUT2D eigenvalue weighted by Gasteiger charge is 2.32. The van der Waals surface area contributed by atoms with Crippen LogP contribution in [0.2, 0.25) is 15.1 Å². The van der Waals surface area contributed by atoms with Gasteiger partial charge in [0.05, 0.1) is 17.2 Å². The molecule has 3 aromatic rings. The minimum absolute atomic E-state index is 0.0480. The summed E-state index contributed by atoms with van der Waals surface area (Å²) in [6.07, 6.45) is 0.709. The van der Waals surface area contributed by atoms with Crippen molar-refractivity contribution in [1.29, 1.82) is 0 Å². The van der Waals surface area contributed by atoms with Crippen molar-refractivity contribution in [1.82, 2.24) is 10.2 Å². The summed E-state index contributed by atoms with van der Waals surface area (Å²) in [5.74, 6) is -0.438. The number of ether oxygens (including phenoxy) is 1. The molecule has 1 N–H and O–H groups in total. The average molecular weight is 641 g/mol. The number of amides is 2. The first-order chi connectivity index (χ1) is 19.5. The Labute approximate surface area is 256 Å². The van der Waals surface area contributed by atoms with Crippen molar-refractivity contribution >= 4 is 62.3 Å². The van der Waals surface area contributed by atoms with Crippen LogP contribution in [0.3, 0.4) is 0 Å². The van der Waals surface area contributed by atoms with Gasteiger partial charge in [-0.3, -0.25) is 13.9 Å². The highest BCUT2D eigenvalue weighted by Crippen LogP contribution is 2.28. The van der Waals surface area contributed by atoms with Gasteiger partial charge in [-0.25, -0.2) is 8.42 Å². The Hall–Kier alpha value is -2.98. The van der Waals surface area contributed by atoms with E-state index in [4.69, 9.17) is 39.5 Å². The standard InChI is InChI=1S/C29H32Cl3N3O5S/c1-4-16-33-29(37)20(3)34(18-21-6-7-23(31)17-27(21)32)28(36)19-35(24-10-12-25(13-11-24)40-5-2)41(38,39)26-14-8-22(30)9-15-26/h6-15,17,20H,4-5,16,18-19H2,1-3H3,(H,33,37). The number of halogens is 3. The van der Waals surface area contributed by atoms with Gasteiger partial charge in [-0.05, 0) is 86.5 Å². The summed E-state index contributed by atoms with van der Waals surface area (Å²) in [7, 11) is -4.23. The first kappa shape index (κ1) is 32.5. The third-order valence-electron chi connectivity index (χ3n) is 6.19. The van der Waals surface area contributed by atoms with Crippen molar-refractivity contribution in [2.45, 2.75) is 44.7 Å². The van der Waals surface area contributed by atoms with Gasteiger partial charge in [0.15, 0.2) is 0 Å². The number of carbonyl (C=O) groups excluding carboxylic acids is 2. The molecular weight excluding hydrogens is 609 g/mol. The molecule has 0 fully saturated rings. The van der Waals surface area contributed by atoms with Gasteiger partial charge in [-0.1, -0.05) is 47.8 Å². The summed E-state index contributed by atoms with van der Waals surface area (Å²) in [6.45, 7) is 5.56. The lowest BCUT2D eigenvalue weighted by atomic mass is 10.1. The number of sulfonamides is 1. The van der Waals surface area contributed by atoms with Gasteiger partial charge < -0.3 is 15.0 Å². The molecule has 2 amide bonds. The van der Waals surface area contributed by atoms with E-state index in [0.29, 0.717) is 46.0 Å². The quantitative estimate of drug-likeness (QED) is 0.241. The third-order valence-corrected chi connectivity index (χ3v) is 8.82. The summed E-state index contributed by atoms with van der Waals surface area (Å²) in [5, 5.41) is 3.89. The Morgan fingerprint density at radius 3 is 2.15 bits per heavy atom. The molecule has 3 aromatic carbocycles. The third kappa shape index (κ3) is 8.52. The zero-order chi connectivity index (χ0) is 30.2. The molecule has 0 aromatic heterocycles. The lowest BCUT2D eigenvalue weighted by molar-refractivity contribution is -0.139. The number of hydrogen-bond donors (Lipinski definition) is 1. The van der Waals surface area contributed by atoms with E-state index in [0.717, 1.165) is 4.31 Å². The topological polar surface area (TPSA) is 96.0 Å². The molecule has 220 valence electrons. The number of nitrogens with one attached hydrogen (secondary N) is 1. The molecule has 1 unspecified atom stereocenters. The number of nitrogens with zero attached hydrogens (tertiary/aromatic N) is 2. The Balaban J connectivity index is 2.04. The molecule has 3 rings (SSSR count). The predicted molar refractivity (Wildman–Crippen MR) is 163 cm³/mol. The second-order valence-electron chi connectivity index (χ2n) is 9.12. The molecule has 0 heterocycles. The second-order valence-corrected chi connectivity index (χ2v) is 12.3. The average Bonchev–Trinajstić information content (AvgIpc) is 2.94. The highest BCUT2D eigenvalue weighted by molar-refractivity contribution is 7.92. The minimum Gasteiger partial charge on any atom is -0.494 e. The Morgan fingerprint density at radius 1 is 0.927 bits per heavy atom. The van der Waals surface area contributed by atoms with E-state index < -0.39 is 28.5 Å². The van der Waals surface area contributed by atoms with Gasteiger partial charge in [0.1, 0.15) is 18.3 Å². The Kier molecular flexibility index (Phi) is 11.7. The van der Waals surface area contributed by atoms with E-state index >= 15 is 0 Å². The predicted octanol–water partition coefficient (Wildman–Crippen LogP) is 6.18. The molecular formula is C29H32Cl3N3O5S. The molecule has 0 radical (unpaired) electrons. The summed E-state index contributed by atoms with van der Waals surface area (Å²) in [4.78, 5) is 28.2. The van der Waals surface area contributed by atoms with Crippen LogP contribution in [0.15, 0.2) is 71.6 Å².